The van der Waals surface area contributed by atoms with E-state index in [2.05, 4.69) is 13.2 Å². The molecule has 52 valence electrons. The Bertz CT molecular complexity index is 44.5. The zero-order valence-corrected chi connectivity index (χ0v) is 7.80. The fourth-order valence-corrected chi connectivity index (χ4v) is 0.236. The summed E-state index contributed by atoms with van der Waals surface area (Å²) in [6.45, 7) is 7.10. The van der Waals surface area contributed by atoms with Crippen LogP contribution in [-0.2, 0) is 21.1 Å². The quantitative estimate of drug-likeness (QED) is 0.555. The predicted molar refractivity (Wildman–Crippen MR) is 36.9 cm³/mol. The summed E-state index contributed by atoms with van der Waals surface area (Å²) in [5, 5.41) is 0. The van der Waals surface area contributed by atoms with Crippen molar-refractivity contribution in [2.45, 2.75) is 12.8 Å². The van der Waals surface area contributed by atoms with Gasteiger partial charge in [-0.1, -0.05) is 12.2 Å². The number of unbranched alkanes of at least 4 members (excludes halogenated alkanes) is 1. The van der Waals surface area contributed by atoms with Crippen LogP contribution < -0.4 is 0 Å². The second-order valence-corrected chi connectivity index (χ2v) is 1.15. The zero-order chi connectivity index (χ0) is 4.83. The van der Waals surface area contributed by atoms with Gasteiger partial charge in [0.05, 0.1) is 0 Å². The van der Waals surface area contributed by atoms with Crippen molar-refractivity contribution in [1.29, 1.82) is 0 Å². The molecule has 0 aromatic carbocycles. The molecule has 0 unspecified atom stereocenters. The first kappa shape index (κ1) is 15.8. The van der Waals surface area contributed by atoms with Crippen molar-refractivity contribution >= 4 is 12.4 Å². The molecule has 2 heteroatoms. The van der Waals surface area contributed by atoms with Gasteiger partial charge in [0.2, 0.25) is 0 Å². The molecule has 0 spiro atoms. The van der Waals surface area contributed by atoms with Gasteiger partial charge in [-0.25, -0.2) is 0 Å². The van der Waals surface area contributed by atoms with Gasteiger partial charge in [-0.3, -0.25) is 0 Å². The first-order chi connectivity index (χ1) is 2.91. The molecule has 0 nitrogen and oxygen atoms in total. The van der Waals surface area contributed by atoms with Gasteiger partial charge < -0.3 is 0 Å². The van der Waals surface area contributed by atoms with Gasteiger partial charge in [-0.2, -0.15) is 0 Å². The maximum Gasteiger partial charge on any atom is 0 e. The number of hydrogen-bond acceptors (Lipinski definition) is 0. The molecule has 0 N–H and O–H groups in total. The van der Waals surface area contributed by atoms with Crippen molar-refractivity contribution in [1.82, 2.24) is 0 Å². The standard InChI is InChI=1S/C6H10.ClH.Pt/c1-3-5-6-4-2;;/h3-4H,1-2,5-6H2;1H;. The Labute approximate surface area is 71.7 Å². The SMILES string of the molecule is C=CCCC=C.Cl.[Pt]. The van der Waals surface area contributed by atoms with E-state index in [1.807, 2.05) is 12.2 Å². The first-order valence-electron chi connectivity index (χ1n) is 2.13. The van der Waals surface area contributed by atoms with Gasteiger partial charge in [-0.15, -0.1) is 25.6 Å². The van der Waals surface area contributed by atoms with E-state index in [0.29, 0.717) is 0 Å². The Hall–Kier alpha value is 0.458. The third-order valence-electron chi connectivity index (χ3n) is 0.575. The molecule has 0 radical (unpaired) electrons. The van der Waals surface area contributed by atoms with Crippen LogP contribution in [0.25, 0.3) is 0 Å². The van der Waals surface area contributed by atoms with Crippen LogP contribution in [0.4, 0.5) is 0 Å². The van der Waals surface area contributed by atoms with E-state index in [-0.39, 0.29) is 33.5 Å². The van der Waals surface area contributed by atoms with Crippen molar-refractivity contribution in [3.8, 4) is 0 Å². The maximum absolute atomic E-state index is 3.55. The molecule has 0 heterocycles. The molecule has 0 amide bonds. The number of rotatable bonds is 3. The zero-order valence-electron chi connectivity index (χ0n) is 4.71. The molecule has 0 bridgehead atoms. The monoisotopic (exact) mass is 313 g/mol. The Balaban J connectivity index is -0.000000125. The van der Waals surface area contributed by atoms with Gasteiger partial charge in [0.15, 0.2) is 0 Å². The fourth-order valence-electron chi connectivity index (χ4n) is 0.236. The van der Waals surface area contributed by atoms with E-state index in [9.17, 15) is 0 Å². The molecular weight excluding hydrogens is 303 g/mol. The Morgan fingerprint density at radius 1 is 1.00 bits per heavy atom. The molecule has 0 aromatic heterocycles. The summed E-state index contributed by atoms with van der Waals surface area (Å²) in [6.07, 6.45) is 5.90. The van der Waals surface area contributed by atoms with Gasteiger partial charge in [0.1, 0.15) is 0 Å². The average Bonchev–Trinajstić information content (AvgIpc) is 1.61. The molecule has 0 aliphatic heterocycles. The van der Waals surface area contributed by atoms with E-state index in [1.54, 1.807) is 0 Å². The van der Waals surface area contributed by atoms with E-state index in [4.69, 9.17) is 0 Å². The predicted octanol–water partition coefficient (Wildman–Crippen LogP) is 2.56. The molecule has 8 heavy (non-hydrogen) atoms. The Kier molecular flexibility index (Phi) is 30.9. The minimum atomic E-state index is 0. The molecule has 0 saturated heterocycles. The molecule has 0 atom stereocenters. The number of halogens is 1. The van der Waals surface area contributed by atoms with E-state index in [0.717, 1.165) is 12.8 Å². The summed E-state index contributed by atoms with van der Waals surface area (Å²) < 4.78 is 0. The summed E-state index contributed by atoms with van der Waals surface area (Å²) in [5.41, 5.74) is 0. The van der Waals surface area contributed by atoms with Gasteiger partial charge >= 0.3 is 0 Å². The van der Waals surface area contributed by atoms with Crippen LogP contribution in [0.15, 0.2) is 25.3 Å². The molecule has 0 aliphatic carbocycles. The summed E-state index contributed by atoms with van der Waals surface area (Å²) >= 11 is 0. The second kappa shape index (κ2) is 15.7. The van der Waals surface area contributed by atoms with Crippen LogP contribution >= 0.6 is 12.4 Å². The third-order valence-corrected chi connectivity index (χ3v) is 0.575. The Morgan fingerprint density at radius 2 is 1.25 bits per heavy atom. The largest absolute Gasteiger partial charge is 0.147 e. The summed E-state index contributed by atoms with van der Waals surface area (Å²) in [6, 6.07) is 0. The maximum atomic E-state index is 3.55. The van der Waals surface area contributed by atoms with Crippen molar-refractivity contribution in [2.24, 2.45) is 0 Å². The first-order valence-corrected chi connectivity index (χ1v) is 2.13. The van der Waals surface area contributed by atoms with Crippen molar-refractivity contribution < 1.29 is 21.1 Å². The average molecular weight is 314 g/mol. The Morgan fingerprint density at radius 3 is 1.38 bits per heavy atom. The smallest absolute Gasteiger partial charge is 0 e. The van der Waals surface area contributed by atoms with Crippen molar-refractivity contribution in [3.63, 3.8) is 0 Å². The van der Waals surface area contributed by atoms with E-state index >= 15 is 0 Å². The van der Waals surface area contributed by atoms with Crippen LogP contribution in [0.1, 0.15) is 12.8 Å². The summed E-state index contributed by atoms with van der Waals surface area (Å²) in [4.78, 5) is 0. The number of allylic oxidation sites excluding steroid dienone is 2. The second-order valence-electron chi connectivity index (χ2n) is 1.15. The molecular formula is C6H11ClPt. The molecule has 0 aliphatic rings. The molecule has 0 rings (SSSR count). The summed E-state index contributed by atoms with van der Waals surface area (Å²) in [7, 11) is 0. The van der Waals surface area contributed by atoms with Crippen LogP contribution in [0, 0.1) is 0 Å². The third kappa shape index (κ3) is 16.1. The topological polar surface area (TPSA) is 0 Å². The van der Waals surface area contributed by atoms with Crippen molar-refractivity contribution in [3.05, 3.63) is 25.3 Å². The van der Waals surface area contributed by atoms with Gasteiger partial charge in [0.25, 0.3) is 0 Å². The minimum absolute atomic E-state index is 0. The summed E-state index contributed by atoms with van der Waals surface area (Å²) in [5.74, 6) is 0. The van der Waals surface area contributed by atoms with Crippen LogP contribution in [-0.4, -0.2) is 0 Å². The molecule has 0 saturated carbocycles. The van der Waals surface area contributed by atoms with Gasteiger partial charge in [0, 0.05) is 21.1 Å². The van der Waals surface area contributed by atoms with Crippen LogP contribution in [0.3, 0.4) is 0 Å². The molecule has 0 aromatic rings. The van der Waals surface area contributed by atoms with Crippen molar-refractivity contribution in [2.75, 3.05) is 0 Å². The number of hydrogen-bond donors (Lipinski definition) is 0. The van der Waals surface area contributed by atoms with Crippen LogP contribution in [0.5, 0.6) is 0 Å². The van der Waals surface area contributed by atoms with E-state index in [1.165, 1.54) is 0 Å². The van der Waals surface area contributed by atoms with Crippen LogP contribution in [0.2, 0.25) is 0 Å². The fraction of sp³-hybridized carbons (Fsp3) is 0.333. The minimum Gasteiger partial charge on any atom is -0.147 e. The van der Waals surface area contributed by atoms with Gasteiger partial charge in [-0.05, 0) is 12.8 Å². The van der Waals surface area contributed by atoms with E-state index < -0.39 is 0 Å². The molecule has 0 fully saturated rings. The normalized spacial score (nSPS) is 5.50.